The van der Waals surface area contributed by atoms with Gasteiger partial charge in [-0.25, -0.2) is 0 Å². The van der Waals surface area contributed by atoms with Crippen LogP contribution in [0.25, 0.3) is 0 Å². The Bertz CT molecular complexity index is 512. The van der Waals surface area contributed by atoms with Crippen LogP contribution < -0.4 is 0 Å². The summed E-state index contributed by atoms with van der Waals surface area (Å²) in [5, 5.41) is 21.3. The van der Waals surface area contributed by atoms with Crippen molar-refractivity contribution in [2.24, 2.45) is 34.5 Å². The lowest BCUT2D eigenvalue weighted by Crippen LogP contribution is -2.58. The summed E-state index contributed by atoms with van der Waals surface area (Å²) in [5.74, 6) is 2.54. The second kappa shape index (κ2) is 5.33. The van der Waals surface area contributed by atoms with Crippen molar-refractivity contribution in [3.63, 3.8) is 0 Å². The van der Waals surface area contributed by atoms with Gasteiger partial charge in [-0.3, -0.25) is 0 Å². The number of rotatable bonds is 0. The van der Waals surface area contributed by atoms with Gasteiger partial charge in [-0.15, -0.1) is 0 Å². The molecule has 8 atom stereocenters. The van der Waals surface area contributed by atoms with Crippen LogP contribution in [0.3, 0.4) is 0 Å². The number of allylic oxidation sites excluding steroid dienone is 2. The molecule has 0 aromatic carbocycles. The number of hydrogen-bond donors (Lipinski definition) is 2. The Balaban J connectivity index is 1.69. The van der Waals surface area contributed by atoms with Crippen LogP contribution in [-0.2, 0) is 0 Å². The van der Waals surface area contributed by atoms with E-state index in [1.165, 1.54) is 25.7 Å². The molecule has 0 saturated heterocycles. The highest BCUT2D eigenvalue weighted by molar-refractivity contribution is 5.24. The van der Waals surface area contributed by atoms with E-state index in [1.807, 2.05) is 0 Å². The molecule has 0 radical (unpaired) electrons. The lowest BCUT2D eigenvalue weighted by atomic mass is 9.44. The van der Waals surface area contributed by atoms with Gasteiger partial charge in [0, 0.05) is 0 Å². The first kappa shape index (κ1) is 16.1. The molecule has 0 aromatic rings. The average molecular weight is 319 g/mol. The van der Waals surface area contributed by atoms with Gasteiger partial charge < -0.3 is 10.2 Å². The fraction of sp³-hybridized carbons (Fsp3) is 0.905. The van der Waals surface area contributed by atoms with Crippen molar-refractivity contribution in [1.82, 2.24) is 0 Å². The molecule has 4 rings (SSSR count). The minimum atomic E-state index is -0.155. The Morgan fingerprint density at radius 2 is 1.87 bits per heavy atom. The highest BCUT2D eigenvalue weighted by atomic mass is 16.3. The first-order chi connectivity index (χ1) is 10.9. The Morgan fingerprint density at radius 1 is 1.09 bits per heavy atom. The predicted molar refractivity (Wildman–Crippen MR) is 92.9 cm³/mol. The maximum atomic E-state index is 11.2. The normalized spacial score (nSPS) is 57.7. The molecule has 0 unspecified atom stereocenters. The van der Waals surface area contributed by atoms with Gasteiger partial charge in [-0.2, -0.15) is 0 Å². The van der Waals surface area contributed by atoms with Gasteiger partial charge in [-0.1, -0.05) is 25.5 Å². The van der Waals surface area contributed by atoms with E-state index in [1.54, 1.807) is 5.57 Å². The smallest absolute Gasteiger partial charge is 0.0584 e. The Labute approximate surface area is 141 Å². The van der Waals surface area contributed by atoms with Gasteiger partial charge in [0.25, 0.3) is 0 Å². The van der Waals surface area contributed by atoms with Gasteiger partial charge >= 0.3 is 0 Å². The van der Waals surface area contributed by atoms with Crippen molar-refractivity contribution >= 4 is 0 Å². The van der Waals surface area contributed by atoms with E-state index >= 15 is 0 Å². The third-order valence-electron chi connectivity index (χ3n) is 8.77. The molecule has 4 saturated carbocycles. The second-order valence-electron chi connectivity index (χ2n) is 9.55. The number of aliphatic hydroxyl groups excluding tert-OH is 2. The molecule has 2 N–H and O–H groups in total. The summed E-state index contributed by atoms with van der Waals surface area (Å²) in [6, 6.07) is 0. The van der Waals surface area contributed by atoms with E-state index in [-0.39, 0.29) is 23.0 Å². The number of aliphatic hydroxyl groups is 2. The molecule has 23 heavy (non-hydrogen) atoms. The lowest BCUT2D eigenvalue weighted by molar-refractivity contribution is -0.167. The zero-order valence-corrected chi connectivity index (χ0v) is 15.1. The summed E-state index contributed by atoms with van der Waals surface area (Å²) in [6.07, 6.45) is 11.1. The molecule has 2 nitrogen and oxygen atoms in total. The third kappa shape index (κ3) is 2.13. The maximum absolute atomic E-state index is 11.2. The highest BCUT2D eigenvalue weighted by Crippen LogP contribution is 2.67. The fourth-order valence-electron chi connectivity index (χ4n) is 7.68. The first-order valence-electron chi connectivity index (χ1n) is 9.92. The second-order valence-corrected chi connectivity index (χ2v) is 9.55. The minimum absolute atomic E-state index is 0.100. The molecule has 2 heteroatoms. The van der Waals surface area contributed by atoms with Gasteiger partial charge in [0.05, 0.1) is 12.2 Å². The van der Waals surface area contributed by atoms with Crippen LogP contribution >= 0.6 is 0 Å². The molecule has 4 aliphatic carbocycles. The van der Waals surface area contributed by atoms with Crippen LogP contribution in [0.4, 0.5) is 0 Å². The zero-order chi connectivity index (χ0) is 16.4. The van der Waals surface area contributed by atoms with E-state index < -0.39 is 0 Å². The predicted octanol–water partition coefficient (Wildman–Crippen LogP) is 4.31. The van der Waals surface area contributed by atoms with Crippen LogP contribution in [0.1, 0.15) is 72.1 Å². The quantitative estimate of drug-likeness (QED) is 0.654. The van der Waals surface area contributed by atoms with E-state index in [0.29, 0.717) is 17.8 Å². The van der Waals surface area contributed by atoms with Crippen molar-refractivity contribution in [1.29, 1.82) is 0 Å². The molecule has 0 amide bonds. The monoisotopic (exact) mass is 318 g/mol. The van der Waals surface area contributed by atoms with Gasteiger partial charge in [0.15, 0.2) is 0 Å². The van der Waals surface area contributed by atoms with Gasteiger partial charge in [-0.05, 0) is 92.8 Å². The first-order valence-corrected chi connectivity index (χ1v) is 9.92. The SMILES string of the molecule is C/C=C1/CC[C@H]2[C@@H]3CC[C@H]4C[C@H](O)CC[C@]4(C)[C@H]3[C@@H](O)C[C@]12C. The van der Waals surface area contributed by atoms with Crippen LogP contribution in [-0.4, -0.2) is 22.4 Å². The van der Waals surface area contributed by atoms with Crippen LogP contribution in [0.2, 0.25) is 0 Å². The average Bonchev–Trinajstić information content (AvgIpc) is 2.83. The molecule has 0 spiro atoms. The topological polar surface area (TPSA) is 40.5 Å². The molecule has 130 valence electrons. The van der Waals surface area contributed by atoms with Crippen molar-refractivity contribution in [3.05, 3.63) is 11.6 Å². The van der Waals surface area contributed by atoms with E-state index in [2.05, 4.69) is 26.8 Å². The van der Waals surface area contributed by atoms with Crippen LogP contribution in [0.5, 0.6) is 0 Å². The Kier molecular flexibility index (Phi) is 3.74. The molecule has 0 aliphatic heterocycles. The van der Waals surface area contributed by atoms with E-state index in [4.69, 9.17) is 0 Å². The molecule has 4 aliphatic rings. The van der Waals surface area contributed by atoms with Gasteiger partial charge in [0.1, 0.15) is 0 Å². The Hall–Kier alpha value is -0.340. The maximum Gasteiger partial charge on any atom is 0.0584 e. The van der Waals surface area contributed by atoms with E-state index in [0.717, 1.165) is 31.6 Å². The summed E-state index contributed by atoms with van der Waals surface area (Å²) in [5.41, 5.74) is 2.10. The van der Waals surface area contributed by atoms with Crippen molar-refractivity contribution in [3.8, 4) is 0 Å². The van der Waals surface area contributed by atoms with Gasteiger partial charge in [0.2, 0.25) is 0 Å². The minimum Gasteiger partial charge on any atom is -0.393 e. The molecule has 0 aromatic heterocycles. The fourth-order valence-corrected chi connectivity index (χ4v) is 7.68. The largest absolute Gasteiger partial charge is 0.393 e. The third-order valence-corrected chi connectivity index (χ3v) is 8.77. The lowest BCUT2D eigenvalue weighted by Gasteiger charge is -2.62. The zero-order valence-electron chi connectivity index (χ0n) is 15.1. The highest BCUT2D eigenvalue weighted by Gasteiger charge is 2.61. The summed E-state index contributed by atoms with van der Waals surface area (Å²) in [7, 11) is 0. The van der Waals surface area contributed by atoms with Crippen LogP contribution in [0, 0.1) is 34.5 Å². The standard InChI is InChI=1S/C21H34O2/c1-4-13-6-8-17-16-7-5-14-11-15(22)9-10-20(14,2)19(16)18(23)12-21(13,17)3/h4,14-19,22-23H,5-12H2,1-3H3/b13-4-/t14-,15+,16-,17-,18-,19+,20-,21+/m0/s1. The molecular weight excluding hydrogens is 284 g/mol. The summed E-state index contributed by atoms with van der Waals surface area (Å²) in [4.78, 5) is 0. The summed E-state index contributed by atoms with van der Waals surface area (Å²) >= 11 is 0. The molecule has 4 fully saturated rings. The molecule has 0 heterocycles. The van der Waals surface area contributed by atoms with Crippen molar-refractivity contribution < 1.29 is 10.2 Å². The van der Waals surface area contributed by atoms with Crippen LogP contribution in [0.15, 0.2) is 11.6 Å². The summed E-state index contributed by atoms with van der Waals surface area (Å²) < 4.78 is 0. The van der Waals surface area contributed by atoms with Crippen molar-refractivity contribution in [2.75, 3.05) is 0 Å². The number of hydrogen-bond acceptors (Lipinski definition) is 2. The Morgan fingerprint density at radius 3 is 2.61 bits per heavy atom. The van der Waals surface area contributed by atoms with E-state index in [9.17, 15) is 10.2 Å². The number of fused-ring (bicyclic) bond motifs is 5. The molecule has 0 bridgehead atoms. The van der Waals surface area contributed by atoms with Crippen molar-refractivity contribution in [2.45, 2.75) is 84.3 Å². The summed E-state index contributed by atoms with van der Waals surface area (Å²) in [6.45, 7) is 7.05. The molecular formula is C21H34O2.